The van der Waals surface area contributed by atoms with E-state index < -0.39 is 5.91 Å². The molecule has 4 rings (SSSR count). The molecule has 0 atom stereocenters. The van der Waals surface area contributed by atoms with E-state index in [0.29, 0.717) is 10.5 Å². The van der Waals surface area contributed by atoms with E-state index in [2.05, 4.69) is 41.5 Å². The predicted molar refractivity (Wildman–Crippen MR) is 129 cm³/mol. The Morgan fingerprint density at radius 2 is 1.88 bits per heavy atom. The second-order valence-corrected chi connectivity index (χ2v) is 9.38. The first-order valence-electron chi connectivity index (χ1n) is 10.4. The summed E-state index contributed by atoms with van der Waals surface area (Å²) in [5, 5.41) is 11.6. The Bertz CT molecular complexity index is 1300. The minimum atomic E-state index is -0.407. The van der Waals surface area contributed by atoms with Crippen molar-refractivity contribution in [1.82, 2.24) is 19.9 Å². The minimum absolute atomic E-state index is 0.00660. The summed E-state index contributed by atoms with van der Waals surface area (Å²) in [6.07, 6.45) is 0. The molecule has 2 amide bonds. The number of ether oxygens (including phenoxy) is 1. The minimum Gasteiger partial charge on any atom is -0.497 e. The number of nitrogens with zero attached hydrogens (tertiary/aromatic N) is 3. The van der Waals surface area contributed by atoms with Crippen molar-refractivity contribution in [1.29, 1.82) is 0 Å². The highest BCUT2D eigenvalue weighted by Crippen LogP contribution is 2.28. The molecule has 8 nitrogen and oxygen atoms in total. The molecule has 9 heteroatoms. The van der Waals surface area contributed by atoms with Gasteiger partial charge in [0.15, 0.2) is 0 Å². The normalized spacial score (nSPS) is 11.4. The second kappa shape index (κ2) is 9.03. The van der Waals surface area contributed by atoms with Gasteiger partial charge < -0.3 is 10.1 Å². The second-order valence-electron chi connectivity index (χ2n) is 8.54. The summed E-state index contributed by atoms with van der Waals surface area (Å²) in [5.74, 6) is 0.199. The van der Waals surface area contributed by atoms with E-state index in [1.165, 1.54) is 11.3 Å². The molecule has 2 N–H and O–H groups in total. The van der Waals surface area contributed by atoms with Crippen LogP contribution in [0.25, 0.3) is 16.2 Å². The largest absolute Gasteiger partial charge is 0.497 e. The number of aromatic nitrogens is 3. The molecular formula is C24H25N5O3S. The van der Waals surface area contributed by atoms with Gasteiger partial charge in [0.2, 0.25) is 10.9 Å². The topological polar surface area (TPSA) is 97.6 Å². The summed E-state index contributed by atoms with van der Waals surface area (Å²) < 4.78 is 6.96. The van der Waals surface area contributed by atoms with Crippen molar-refractivity contribution in [2.45, 2.75) is 26.2 Å². The zero-order chi connectivity index (χ0) is 23.6. The van der Waals surface area contributed by atoms with Crippen LogP contribution in [0.3, 0.4) is 0 Å². The van der Waals surface area contributed by atoms with Crippen molar-refractivity contribution >= 4 is 34.1 Å². The Kier molecular flexibility index (Phi) is 6.15. The van der Waals surface area contributed by atoms with Gasteiger partial charge in [-0.2, -0.15) is 4.98 Å². The maximum Gasteiger partial charge on any atom is 0.251 e. The first-order chi connectivity index (χ1) is 15.7. The summed E-state index contributed by atoms with van der Waals surface area (Å²) in [7, 11) is 1.62. The van der Waals surface area contributed by atoms with E-state index in [4.69, 9.17) is 4.74 Å². The van der Waals surface area contributed by atoms with Crippen LogP contribution in [-0.4, -0.2) is 40.1 Å². The van der Waals surface area contributed by atoms with Crippen molar-refractivity contribution in [3.8, 4) is 17.0 Å². The van der Waals surface area contributed by atoms with Gasteiger partial charge in [-0.25, -0.2) is 4.52 Å². The molecule has 0 unspecified atom stereocenters. The van der Waals surface area contributed by atoms with Crippen molar-refractivity contribution in [2.75, 3.05) is 19.0 Å². The molecule has 0 aliphatic rings. The molecule has 0 saturated carbocycles. The van der Waals surface area contributed by atoms with Gasteiger partial charge in [-0.1, -0.05) is 45.0 Å². The summed E-state index contributed by atoms with van der Waals surface area (Å²) in [6, 6.07) is 15.0. The number of benzene rings is 2. The third-order valence-electron chi connectivity index (χ3n) is 5.12. The van der Waals surface area contributed by atoms with Gasteiger partial charge in [0, 0.05) is 16.5 Å². The lowest BCUT2D eigenvalue weighted by Crippen LogP contribution is -2.33. The Balaban J connectivity index is 1.39. The molecule has 0 aliphatic carbocycles. The lowest BCUT2D eigenvalue weighted by Gasteiger charge is -2.19. The number of carbonyl (C=O) groups excluding carboxylic acids is 2. The highest BCUT2D eigenvalue weighted by molar-refractivity contribution is 7.15. The number of amides is 2. The molecule has 2 aromatic heterocycles. The van der Waals surface area contributed by atoms with Crippen LogP contribution >= 0.6 is 11.3 Å². The van der Waals surface area contributed by atoms with Crippen molar-refractivity contribution in [3.63, 3.8) is 0 Å². The van der Waals surface area contributed by atoms with Crippen molar-refractivity contribution < 1.29 is 14.3 Å². The van der Waals surface area contributed by atoms with Crippen LogP contribution in [0.15, 0.2) is 53.9 Å². The number of methoxy groups -OCH3 is 1. The molecule has 0 bridgehead atoms. The number of carbonyl (C=O) groups is 2. The average Bonchev–Trinajstić information content (AvgIpc) is 3.37. The SMILES string of the molecule is COc1cccc(-c2csc3nc(NC(=O)CNC(=O)c4ccc(C(C)(C)C)cc4)nn23)c1. The molecule has 2 heterocycles. The summed E-state index contributed by atoms with van der Waals surface area (Å²) in [4.78, 5) is 29.7. The Morgan fingerprint density at radius 1 is 1.12 bits per heavy atom. The number of rotatable bonds is 6. The smallest absolute Gasteiger partial charge is 0.251 e. The van der Waals surface area contributed by atoms with E-state index in [-0.39, 0.29) is 23.8 Å². The van der Waals surface area contributed by atoms with Crippen molar-refractivity contribution in [2.24, 2.45) is 0 Å². The quantitative estimate of drug-likeness (QED) is 0.448. The van der Waals surface area contributed by atoms with Crippen LogP contribution < -0.4 is 15.4 Å². The van der Waals surface area contributed by atoms with E-state index in [1.54, 1.807) is 23.8 Å². The van der Waals surface area contributed by atoms with Gasteiger partial charge in [-0.05, 0) is 35.2 Å². The predicted octanol–water partition coefficient (Wildman–Crippen LogP) is 4.13. The highest BCUT2D eigenvalue weighted by atomic mass is 32.1. The summed E-state index contributed by atoms with van der Waals surface area (Å²) >= 11 is 1.42. The van der Waals surface area contributed by atoms with E-state index in [1.807, 2.05) is 41.8 Å². The molecule has 33 heavy (non-hydrogen) atoms. The Labute approximate surface area is 195 Å². The van der Waals surface area contributed by atoms with E-state index in [0.717, 1.165) is 22.6 Å². The molecule has 0 aliphatic heterocycles. The lowest BCUT2D eigenvalue weighted by atomic mass is 9.87. The molecule has 0 saturated heterocycles. The standard InChI is InChI=1S/C24H25N5O3S/c1-24(2,3)17-10-8-15(9-11-17)21(31)25-13-20(30)26-22-27-23-29(28-22)19(14-33-23)16-6-5-7-18(12-16)32-4/h5-12,14H,13H2,1-4H3,(H,25,31)(H,26,28,30). The van der Waals surface area contributed by atoms with Gasteiger partial charge in [-0.3, -0.25) is 14.9 Å². The van der Waals surface area contributed by atoms with Gasteiger partial charge >= 0.3 is 0 Å². The highest BCUT2D eigenvalue weighted by Gasteiger charge is 2.16. The number of hydrogen-bond acceptors (Lipinski definition) is 6. The van der Waals surface area contributed by atoms with Gasteiger partial charge in [0.05, 0.1) is 19.3 Å². The first kappa shape index (κ1) is 22.5. The van der Waals surface area contributed by atoms with Crippen LogP contribution in [0.2, 0.25) is 0 Å². The average molecular weight is 464 g/mol. The lowest BCUT2D eigenvalue weighted by molar-refractivity contribution is -0.115. The van der Waals surface area contributed by atoms with Gasteiger partial charge in [-0.15, -0.1) is 16.4 Å². The van der Waals surface area contributed by atoms with Crippen LogP contribution in [0.5, 0.6) is 5.75 Å². The van der Waals surface area contributed by atoms with Crippen LogP contribution in [0, 0.1) is 0 Å². The Hall–Kier alpha value is -3.72. The van der Waals surface area contributed by atoms with Crippen LogP contribution in [0.1, 0.15) is 36.7 Å². The summed E-state index contributed by atoms with van der Waals surface area (Å²) in [6.45, 7) is 6.15. The van der Waals surface area contributed by atoms with E-state index >= 15 is 0 Å². The first-order valence-corrected chi connectivity index (χ1v) is 11.3. The van der Waals surface area contributed by atoms with Gasteiger partial charge in [0.25, 0.3) is 11.9 Å². The molecule has 2 aromatic carbocycles. The third-order valence-corrected chi connectivity index (χ3v) is 5.94. The maximum atomic E-state index is 12.4. The molecule has 0 fully saturated rings. The number of hydrogen-bond donors (Lipinski definition) is 2. The maximum absolute atomic E-state index is 12.4. The zero-order valence-electron chi connectivity index (χ0n) is 18.9. The Morgan fingerprint density at radius 3 is 2.58 bits per heavy atom. The fourth-order valence-corrected chi connectivity index (χ4v) is 4.10. The van der Waals surface area contributed by atoms with E-state index in [9.17, 15) is 9.59 Å². The fraction of sp³-hybridized carbons (Fsp3) is 0.250. The monoisotopic (exact) mass is 463 g/mol. The third kappa shape index (κ3) is 5.04. The number of anilines is 1. The molecule has 4 aromatic rings. The molecule has 0 radical (unpaired) electrons. The number of nitrogens with one attached hydrogen (secondary N) is 2. The zero-order valence-corrected chi connectivity index (χ0v) is 19.7. The summed E-state index contributed by atoms with van der Waals surface area (Å²) in [5.41, 5.74) is 3.41. The van der Waals surface area contributed by atoms with Crippen molar-refractivity contribution in [3.05, 3.63) is 65.0 Å². The van der Waals surface area contributed by atoms with Crippen LogP contribution in [0.4, 0.5) is 5.95 Å². The molecule has 170 valence electrons. The fourth-order valence-electron chi connectivity index (χ4n) is 3.27. The molecular weight excluding hydrogens is 438 g/mol. The number of fused-ring (bicyclic) bond motifs is 1. The number of thiazole rings is 1. The van der Waals surface area contributed by atoms with Crippen LogP contribution in [-0.2, 0) is 10.2 Å². The van der Waals surface area contributed by atoms with Gasteiger partial charge in [0.1, 0.15) is 5.75 Å². The molecule has 0 spiro atoms.